The van der Waals surface area contributed by atoms with E-state index in [-0.39, 0.29) is 29.7 Å². The molecule has 0 radical (unpaired) electrons. The molecule has 0 saturated heterocycles. The van der Waals surface area contributed by atoms with Crippen molar-refractivity contribution in [2.75, 3.05) is 12.4 Å². The Morgan fingerprint density at radius 2 is 2.27 bits per heavy atom. The zero-order valence-corrected chi connectivity index (χ0v) is 9.68. The molecule has 1 rings (SSSR count). The number of rotatable bonds is 5. The van der Waals surface area contributed by atoms with Gasteiger partial charge in [0.05, 0.1) is 17.7 Å². The van der Waals surface area contributed by atoms with Crippen molar-refractivity contribution < 1.29 is 17.7 Å². The summed E-state index contributed by atoms with van der Waals surface area (Å²) in [5.41, 5.74) is 0. The Hall–Kier alpha value is -0.860. The zero-order valence-electron chi connectivity index (χ0n) is 8.04. The number of aromatic hydroxyl groups is 1. The van der Waals surface area contributed by atoms with E-state index in [9.17, 15) is 18.3 Å². The van der Waals surface area contributed by atoms with Gasteiger partial charge in [0.2, 0.25) is 5.88 Å². The standard InChI is InChI=1S/C7H11NO5S2/c1-2-13-15(11,12)4-3-8-6(9)5-14-7(8)10/h5,9H,2-4H2,1H3. The fraction of sp³-hybridized carbons (Fsp3) is 0.571. The molecule has 1 N–H and O–H groups in total. The SMILES string of the molecule is CCOS(=O)(=O)CCn1c(O)csc1=O. The molecule has 0 bridgehead atoms. The van der Waals surface area contributed by atoms with Crippen LogP contribution in [0.25, 0.3) is 0 Å². The molecule has 1 heterocycles. The molecule has 0 amide bonds. The number of nitrogens with zero attached hydrogens (tertiary/aromatic N) is 1. The van der Waals surface area contributed by atoms with E-state index >= 15 is 0 Å². The molecule has 0 unspecified atom stereocenters. The molecule has 0 saturated carbocycles. The normalized spacial score (nSPS) is 11.8. The van der Waals surface area contributed by atoms with Crippen LogP contribution in [0.15, 0.2) is 10.2 Å². The van der Waals surface area contributed by atoms with E-state index < -0.39 is 10.1 Å². The van der Waals surface area contributed by atoms with E-state index in [1.54, 1.807) is 6.92 Å². The maximum absolute atomic E-state index is 11.1. The highest BCUT2D eigenvalue weighted by atomic mass is 32.2. The minimum absolute atomic E-state index is 0.0624. The molecule has 6 nitrogen and oxygen atoms in total. The van der Waals surface area contributed by atoms with Crippen LogP contribution in [0.2, 0.25) is 0 Å². The lowest BCUT2D eigenvalue weighted by molar-refractivity contribution is 0.335. The largest absolute Gasteiger partial charge is 0.494 e. The Bertz CT molecular complexity index is 472. The summed E-state index contributed by atoms with van der Waals surface area (Å²) in [7, 11) is -3.61. The summed E-state index contributed by atoms with van der Waals surface area (Å²) in [6, 6.07) is 0. The number of aromatic nitrogens is 1. The highest BCUT2D eigenvalue weighted by Crippen LogP contribution is 2.09. The van der Waals surface area contributed by atoms with Crippen molar-refractivity contribution in [2.24, 2.45) is 0 Å². The van der Waals surface area contributed by atoms with Gasteiger partial charge in [-0.2, -0.15) is 8.42 Å². The highest BCUT2D eigenvalue weighted by Gasteiger charge is 2.13. The summed E-state index contributed by atoms with van der Waals surface area (Å²) < 4.78 is 27.7. The van der Waals surface area contributed by atoms with Gasteiger partial charge in [0.1, 0.15) is 0 Å². The van der Waals surface area contributed by atoms with Crippen molar-refractivity contribution >= 4 is 21.5 Å². The second-order valence-corrected chi connectivity index (χ2v) is 5.26. The molecular formula is C7H11NO5S2. The van der Waals surface area contributed by atoms with Crippen molar-refractivity contribution in [1.29, 1.82) is 0 Å². The van der Waals surface area contributed by atoms with E-state index in [2.05, 4.69) is 4.18 Å². The second-order valence-electron chi connectivity index (χ2n) is 2.68. The molecule has 0 atom stereocenters. The van der Waals surface area contributed by atoms with Crippen molar-refractivity contribution in [3.8, 4) is 5.88 Å². The summed E-state index contributed by atoms with van der Waals surface area (Å²) in [6.45, 7) is 1.52. The van der Waals surface area contributed by atoms with Gasteiger partial charge in [0.25, 0.3) is 10.1 Å². The topological polar surface area (TPSA) is 85.6 Å². The minimum atomic E-state index is -3.61. The molecular weight excluding hydrogens is 242 g/mol. The van der Waals surface area contributed by atoms with E-state index in [1.165, 1.54) is 5.38 Å². The lowest BCUT2D eigenvalue weighted by atomic mass is 10.7. The Kier molecular flexibility index (Phi) is 3.89. The predicted molar refractivity (Wildman–Crippen MR) is 55.7 cm³/mol. The molecule has 0 aromatic carbocycles. The van der Waals surface area contributed by atoms with Gasteiger partial charge in [0.15, 0.2) is 0 Å². The number of hydrogen-bond acceptors (Lipinski definition) is 6. The lowest BCUT2D eigenvalue weighted by Gasteiger charge is -2.04. The van der Waals surface area contributed by atoms with Crippen LogP contribution in [0, 0.1) is 0 Å². The van der Waals surface area contributed by atoms with Gasteiger partial charge < -0.3 is 5.11 Å². The third kappa shape index (κ3) is 3.33. The third-order valence-electron chi connectivity index (χ3n) is 1.62. The van der Waals surface area contributed by atoms with E-state index in [1.807, 2.05) is 0 Å². The van der Waals surface area contributed by atoms with Gasteiger partial charge in [-0.05, 0) is 6.92 Å². The van der Waals surface area contributed by atoms with Crippen LogP contribution in [0.1, 0.15) is 6.92 Å². The van der Waals surface area contributed by atoms with Crippen LogP contribution in [-0.4, -0.2) is 30.5 Å². The van der Waals surface area contributed by atoms with Gasteiger partial charge in [-0.3, -0.25) is 13.5 Å². The highest BCUT2D eigenvalue weighted by molar-refractivity contribution is 7.86. The Labute approximate surface area is 90.9 Å². The average molecular weight is 253 g/mol. The van der Waals surface area contributed by atoms with Crippen LogP contribution in [0.5, 0.6) is 5.88 Å². The predicted octanol–water partition coefficient (Wildman–Crippen LogP) is -0.0183. The van der Waals surface area contributed by atoms with Crippen molar-refractivity contribution in [3.63, 3.8) is 0 Å². The van der Waals surface area contributed by atoms with Gasteiger partial charge in [-0.1, -0.05) is 11.3 Å². The van der Waals surface area contributed by atoms with Crippen LogP contribution in [0.3, 0.4) is 0 Å². The number of hydrogen-bond donors (Lipinski definition) is 1. The van der Waals surface area contributed by atoms with Gasteiger partial charge in [0, 0.05) is 6.54 Å². The molecule has 0 aliphatic carbocycles. The monoisotopic (exact) mass is 253 g/mol. The van der Waals surface area contributed by atoms with Gasteiger partial charge >= 0.3 is 4.87 Å². The summed E-state index contributed by atoms with van der Waals surface area (Å²) >= 11 is 0.817. The Morgan fingerprint density at radius 1 is 1.60 bits per heavy atom. The summed E-state index contributed by atoms with van der Waals surface area (Å²) in [4.78, 5) is 10.7. The summed E-state index contributed by atoms with van der Waals surface area (Å²) in [5.74, 6) is -0.554. The van der Waals surface area contributed by atoms with Crippen molar-refractivity contribution in [2.45, 2.75) is 13.5 Å². The fourth-order valence-electron chi connectivity index (χ4n) is 0.971. The van der Waals surface area contributed by atoms with Gasteiger partial charge in [-0.15, -0.1) is 0 Å². The first-order chi connectivity index (χ1) is 6.96. The van der Waals surface area contributed by atoms with E-state index in [0.29, 0.717) is 0 Å². The van der Waals surface area contributed by atoms with Crippen LogP contribution >= 0.6 is 11.3 Å². The smallest absolute Gasteiger partial charge is 0.310 e. The van der Waals surface area contributed by atoms with E-state index in [4.69, 9.17) is 0 Å². The summed E-state index contributed by atoms with van der Waals surface area (Å²) in [6.07, 6.45) is 0. The van der Waals surface area contributed by atoms with E-state index in [0.717, 1.165) is 15.9 Å². The van der Waals surface area contributed by atoms with Crippen LogP contribution in [-0.2, 0) is 20.8 Å². The Morgan fingerprint density at radius 3 is 2.73 bits per heavy atom. The van der Waals surface area contributed by atoms with Crippen molar-refractivity contribution in [3.05, 3.63) is 15.0 Å². The molecule has 0 aliphatic heterocycles. The van der Waals surface area contributed by atoms with Crippen LogP contribution < -0.4 is 4.87 Å². The zero-order chi connectivity index (χ0) is 11.5. The molecule has 15 heavy (non-hydrogen) atoms. The summed E-state index contributed by atoms with van der Waals surface area (Å²) in [5, 5.41) is 10.5. The molecule has 1 aromatic heterocycles. The third-order valence-corrected chi connectivity index (χ3v) is 3.65. The van der Waals surface area contributed by atoms with Crippen molar-refractivity contribution in [1.82, 2.24) is 4.57 Å². The first-order valence-electron chi connectivity index (χ1n) is 4.20. The van der Waals surface area contributed by atoms with Gasteiger partial charge in [-0.25, -0.2) is 0 Å². The molecule has 1 aromatic rings. The second kappa shape index (κ2) is 4.77. The first-order valence-corrected chi connectivity index (χ1v) is 6.66. The quantitative estimate of drug-likeness (QED) is 0.745. The fourth-order valence-corrected chi connectivity index (χ4v) is 2.50. The molecule has 0 fully saturated rings. The molecule has 0 aliphatic rings. The minimum Gasteiger partial charge on any atom is -0.494 e. The Balaban J connectivity index is 2.70. The van der Waals surface area contributed by atoms with Crippen LogP contribution in [0.4, 0.5) is 0 Å². The maximum atomic E-state index is 11.1. The molecule has 0 spiro atoms. The number of thiazole rings is 1. The first kappa shape index (κ1) is 12.2. The molecule has 86 valence electrons. The molecule has 8 heteroatoms. The average Bonchev–Trinajstić information content (AvgIpc) is 2.44. The maximum Gasteiger partial charge on any atom is 0.310 e. The lowest BCUT2D eigenvalue weighted by Crippen LogP contribution is -2.20.